The van der Waals surface area contributed by atoms with Gasteiger partial charge in [-0.25, -0.2) is 9.36 Å². The molecule has 2 aromatic heterocycles. The second-order valence-electron chi connectivity index (χ2n) is 15.9. The molecule has 10 rings (SSSR count). The number of hydrogen-bond acceptors (Lipinski definition) is 7. The average molecular weight is 881 g/mol. The van der Waals surface area contributed by atoms with Crippen LogP contribution in [0.5, 0.6) is 0 Å². The number of nitro groups is 2. The largest absolute Gasteiger partial charge is 0.396 e. The van der Waals surface area contributed by atoms with E-state index in [0.29, 0.717) is 22.2 Å². The molecule has 0 spiro atoms. The van der Waals surface area contributed by atoms with Crippen molar-refractivity contribution in [2.45, 2.75) is 17.5 Å². The van der Waals surface area contributed by atoms with Gasteiger partial charge in [-0.05, 0) is 45.5 Å². The standard InChI is InChI=1S/C28H23N3O3.C28H21N3O2/c32-17-16-21-18-22-20-29-30(26(22)19-27(21)31(33)34)28(23-10-4-1-5-11-23,24-12-6-2-7-13-24)25-14-8-3-9-15-25;1-2-21-18-22-20-29-30(26(22)19-27(21)31(32)33)28(23-12-6-3-7-13-23,24-14-8-4-9-15-24)25-16-10-5-11-17-25/h1-15,18-20,32H,16-17H2;2-20H,1H2. The molecule has 0 radical (unpaired) electrons. The Hall–Kier alpha value is -8.80. The van der Waals surface area contributed by atoms with Crippen LogP contribution in [0.3, 0.4) is 0 Å². The van der Waals surface area contributed by atoms with Crippen LogP contribution in [0.4, 0.5) is 11.4 Å². The van der Waals surface area contributed by atoms with Crippen molar-refractivity contribution in [2.24, 2.45) is 0 Å². The summed E-state index contributed by atoms with van der Waals surface area (Å²) in [5.41, 5.74) is 6.52. The Morgan fingerprint density at radius 3 is 1.10 bits per heavy atom. The first kappa shape index (κ1) is 43.5. The summed E-state index contributed by atoms with van der Waals surface area (Å²) in [6.07, 6.45) is 5.21. The normalized spacial score (nSPS) is 11.5. The summed E-state index contributed by atoms with van der Waals surface area (Å²) in [6.45, 7) is 3.58. The summed E-state index contributed by atoms with van der Waals surface area (Å²) < 4.78 is 3.79. The molecule has 0 saturated heterocycles. The summed E-state index contributed by atoms with van der Waals surface area (Å²) in [6, 6.07) is 67.3. The summed E-state index contributed by atoms with van der Waals surface area (Å²) >= 11 is 0. The zero-order valence-electron chi connectivity index (χ0n) is 36.2. The Bertz CT molecular complexity index is 3130. The van der Waals surface area contributed by atoms with Crippen molar-refractivity contribution in [1.82, 2.24) is 19.6 Å². The predicted octanol–water partition coefficient (Wildman–Crippen LogP) is 11.7. The van der Waals surface area contributed by atoms with Gasteiger partial charge in [-0.2, -0.15) is 10.2 Å². The molecule has 328 valence electrons. The van der Waals surface area contributed by atoms with Crippen molar-refractivity contribution >= 4 is 39.3 Å². The lowest BCUT2D eigenvalue weighted by atomic mass is 9.77. The molecule has 0 aliphatic carbocycles. The first-order valence-electron chi connectivity index (χ1n) is 21.7. The summed E-state index contributed by atoms with van der Waals surface area (Å²) in [5, 5.41) is 44.5. The van der Waals surface area contributed by atoms with Gasteiger partial charge in [0.25, 0.3) is 11.4 Å². The fourth-order valence-corrected chi connectivity index (χ4v) is 9.35. The summed E-state index contributed by atoms with van der Waals surface area (Å²) in [7, 11) is 0. The van der Waals surface area contributed by atoms with Crippen molar-refractivity contribution in [2.75, 3.05) is 6.61 Å². The van der Waals surface area contributed by atoms with Crippen molar-refractivity contribution in [3.05, 3.63) is 290 Å². The number of aliphatic hydroxyl groups excluding tert-OH is 1. The number of aromatic nitrogens is 4. The number of aliphatic hydroxyl groups is 1. The van der Waals surface area contributed by atoms with E-state index >= 15 is 0 Å². The molecule has 0 unspecified atom stereocenters. The lowest BCUT2D eigenvalue weighted by Gasteiger charge is -2.37. The maximum absolute atomic E-state index is 11.9. The molecule has 0 amide bonds. The highest BCUT2D eigenvalue weighted by molar-refractivity contribution is 5.87. The molecule has 67 heavy (non-hydrogen) atoms. The number of nitrogens with zero attached hydrogens (tertiary/aromatic N) is 6. The van der Waals surface area contributed by atoms with E-state index in [4.69, 9.17) is 10.2 Å². The third kappa shape index (κ3) is 7.73. The van der Waals surface area contributed by atoms with Crippen LogP contribution in [-0.2, 0) is 17.5 Å². The van der Waals surface area contributed by atoms with E-state index in [-0.39, 0.29) is 29.3 Å². The first-order chi connectivity index (χ1) is 32.8. The van der Waals surface area contributed by atoms with Gasteiger partial charge in [-0.1, -0.05) is 195 Å². The fraction of sp³-hybridized carbons (Fsp3) is 0.0714. The van der Waals surface area contributed by atoms with E-state index in [1.807, 2.05) is 119 Å². The van der Waals surface area contributed by atoms with Crippen molar-refractivity contribution in [3.63, 3.8) is 0 Å². The zero-order chi connectivity index (χ0) is 46.4. The lowest BCUT2D eigenvalue weighted by Crippen LogP contribution is -2.38. The molecule has 8 aromatic carbocycles. The molecular weight excluding hydrogens is 837 g/mol. The second-order valence-corrected chi connectivity index (χ2v) is 15.9. The van der Waals surface area contributed by atoms with Crippen molar-refractivity contribution in [3.8, 4) is 0 Å². The maximum Gasteiger partial charge on any atom is 0.278 e. The Labute approximate surface area is 386 Å². The number of fused-ring (bicyclic) bond motifs is 2. The molecule has 0 bridgehead atoms. The Morgan fingerprint density at radius 2 is 0.806 bits per heavy atom. The van der Waals surface area contributed by atoms with E-state index in [0.717, 1.165) is 44.2 Å². The zero-order valence-corrected chi connectivity index (χ0v) is 36.2. The van der Waals surface area contributed by atoms with Crippen molar-refractivity contribution in [1.29, 1.82) is 0 Å². The van der Waals surface area contributed by atoms with Gasteiger partial charge < -0.3 is 5.11 Å². The van der Waals surface area contributed by atoms with Gasteiger partial charge >= 0.3 is 0 Å². The molecule has 0 saturated carbocycles. The fourth-order valence-electron chi connectivity index (χ4n) is 9.35. The number of benzene rings is 8. The monoisotopic (exact) mass is 880 g/mol. The van der Waals surface area contributed by atoms with E-state index in [1.165, 1.54) is 6.08 Å². The number of hydrogen-bond donors (Lipinski definition) is 1. The van der Waals surface area contributed by atoms with Crippen LogP contribution < -0.4 is 0 Å². The minimum Gasteiger partial charge on any atom is -0.396 e. The predicted molar refractivity (Wildman–Crippen MR) is 263 cm³/mol. The van der Waals surface area contributed by atoms with Crippen LogP contribution in [-0.4, -0.2) is 41.1 Å². The van der Waals surface area contributed by atoms with Crippen LogP contribution in [0, 0.1) is 20.2 Å². The third-order valence-electron chi connectivity index (χ3n) is 12.3. The van der Waals surface area contributed by atoms with Gasteiger partial charge in [0, 0.05) is 41.5 Å². The smallest absolute Gasteiger partial charge is 0.278 e. The second kappa shape index (κ2) is 18.7. The molecule has 0 atom stereocenters. The summed E-state index contributed by atoms with van der Waals surface area (Å²) in [4.78, 5) is 23.0. The maximum atomic E-state index is 11.9. The molecule has 1 N–H and O–H groups in total. The van der Waals surface area contributed by atoms with Crippen LogP contribution in [0.1, 0.15) is 44.5 Å². The van der Waals surface area contributed by atoms with Crippen LogP contribution >= 0.6 is 0 Å². The minimum absolute atomic E-state index is 0.00216. The van der Waals surface area contributed by atoms with Crippen LogP contribution in [0.25, 0.3) is 27.9 Å². The average Bonchev–Trinajstić information content (AvgIpc) is 4.00. The Balaban J connectivity index is 0.000000168. The third-order valence-corrected chi connectivity index (χ3v) is 12.3. The lowest BCUT2D eigenvalue weighted by molar-refractivity contribution is -0.385. The molecule has 0 fully saturated rings. The molecule has 2 heterocycles. The van der Waals surface area contributed by atoms with Gasteiger partial charge in [-0.15, -0.1) is 0 Å². The van der Waals surface area contributed by atoms with Gasteiger partial charge in [0.15, 0.2) is 0 Å². The van der Waals surface area contributed by atoms with E-state index in [1.54, 1.807) is 36.7 Å². The Kier molecular flexibility index (Phi) is 12.1. The quantitative estimate of drug-likeness (QED) is 0.0690. The molecular formula is C56H44N6O5. The molecule has 11 heteroatoms. The molecule has 0 aliphatic heterocycles. The van der Waals surface area contributed by atoms with Crippen LogP contribution in [0.15, 0.2) is 225 Å². The number of rotatable bonds is 13. The van der Waals surface area contributed by atoms with Gasteiger partial charge in [0.05, 0.1) is 38.8 Å². The van der Waals surface area contributed by atoms with Crippen LogP contribution in [0.2, 0.25) is 0 Å². The highest BCUT2D eigenvalue weighted by Crippen LogP contribution is 2.45. The highest BCUT2D eigenvalue weighted by atomic mass is 16.6. The SMILES string of the molecule is C=Cc1cc2cnn(C(c3ccccc3)(c3ccccc3)c3ccccc3)c2cc1[N+](=O)[O-].O=[N+]([O-])c1cc2c(cnn2C(c2ccccc2)(c2ccccc2)c2ccccc2)cc1CCO. The molecule has 0 aliphatic rings. The van der Waals surface area contributed by atoms with E-state index in [9.17, 15) is 25.3 Å². The highest BCUT2D eigenvalue weighted by Gasteiger charge is 2.42. The van der Waals surface area contributed by atoms with Crippen molar-refractivity contribution < 1.29 is 15.0 Å². The molecule has 11 nitrogen and oxygen atoms in total. The van der Waals surface area contributed by atoms with E-state index < -0.39 is 16.0 Å². The Morgan fingerprint density at radius 1 is 0.493 bits per heavy atom. The summed E-state index contributed by atoms with van der Waals surface area (Å²) in [5.74, 6) is 0. The number of nitro benzene ring substituents is 2. The minimum atomic E-state index is -0.863. The van der Waals surface area contributed by atoms with Gasteiger partial charge in [0.2, 0.25) is 0 Å². The molecule has 10 aromatic rings. The first-order valence-corrected chi connectivity index (χ1v) is 21.7. The topological polar surface area (TPSA) is 142 Å². The van der Waals surface area contributed by atoms with Gasteiger partial charge in [0.1, 0.15) is 11.1 Å². The van der Waals surface area contributed by atoms with E-state index in [2.05, 4.69) is 79.4 Å². The van der Waals surface area contributed by atoms with Gasteiger partial charge in [-0.3, -0.25) is 20.2 Å².